The van der Waals surface area contributed by atoms with Gasteiger partial charge in [-0.2, -0.15) is 5.10 Å². The van der Waals surface area contributed by atoms with Gasteiger partial charge in [-0.25, -0.2) is 8.42 Å². The number of amides is 1. The van der Waals surface area contributed by atoms with Gasteiger partial charge in [-0.05, 0) is 41.6 Å². The Morgan fingerprint density at radius 3 is 2.86 bits per heavy atom. The average molecular weight is 432 g/mol. The number of methoxy groups -OCH3 is 1. The van der Waals surface area contributed by atoms with Crippen molar-refractivity contribution in [3.63, 3.8) is 0 Å². The van der Waals surface area contributed by atoms with Gasteiger partial charge in [0.15, 0.2) is 15.5 Å². The van der Waals surface area contributed by atoms with Gasteiger partial charge in [-0.15, -0.1) is 11.3 Å². The predicted octanol–water partition coefficient (Wildman–Crippen LogP) is 2.91. The first kappa shape index (κ1) is 19.7. The van der Waals surface area contributed by atoms with E-state index in [-0.39, 0.29) is 29.1 Å². The van der Waals surface area contributed by atoms with Crippen LogP contribution >= 0.6 is 11.3 Å². The van der Waals surface area contributed by atoms with E-state index in [9.17, 15) is 13.2 Å². The van der Waals surface area contributed by atoms with E-state index in [2.05, 4.69) is 10.4 Å². The highest BCUT2D eigenvalue weighted by Crippen LogP contribution is 2.32. The maximum atomic E-state index is 12.7. The van der Waals surface area contributed by atoms with E-state index < -0.39 is 9.84 Å². The SMILES string of the molecule is COc1cccc(CNC(=O)c2cc(-c3cccs3)n(C3CCS(=O)(=O)C3)n2)c1. The molecule has 3 aromatic rings. The summed E-state index contributed by atoms with van der Waals surface area (Å²) in [6, 6.07) is 12.8. The Balaban J connectivity index is 1.57. The van der Waals surface area contributed by atoms with Gasteiger partial charge in [0.1, 0.15) is 5.75 Å². The van der Waals surface area contributed by atoms with E-state index in [1.54, 1.807) is 17.9 Å². The Labute approximate surface area is 173 Å². The topological polar surface area (TPSA) is 90.3 Å². The fraction of sp³-hybridized carbons (Fsp3) is 0.300. The maximum absolute atomic E-state index is 12.7. The largest absolute Gasteiger partial charge is 0.497 e. The number of nitrogens with one attached hydrogen (secondary N) is 1. The molecule has 9 heteroatoms. The van der Waals surface area contributed by atoms with E-state index >= 15 is 0 Å². The second-order valence-corrected chi connectivity index (χ2v) is 10.1. The number of carbonyl (C=O) groups excluding carboxylic acids is 1. The fourth-order valence-corrected chi connectivity index (χ4v) is 5.84. The van der Waals surface area contributed by atoms with Crippen molar-refractivity contribution in [2.45, 2.75) is 19.0 Å². The van der Waals surface area contributed by atoms with Gasteiger partial charge in [0.05, 0.1) is 35.2 Å². The summed E-state index contributed by atoms with van der Waals surface area (Å²) in [6.07, 6.45) is 0.507. The number of rotatable bonds is 6. The maximum Gasteiger partial charge on any atom is 0.272 e. The summed E-state index contributed by atoms with van der Waals surface area (Å²) in [7, 11) is -1.47. The summed E-state index contributed by atoms with van der Waals surface area (Å²) in [5, 5.41) is 9.30. The van der Waals surface area contributed by atoms with Crippen LogP contribution in [0.2, 0.25) is 0 Å². The van der Waals surface area contributed by atoms with Crippen LogP contribution in [-0.2, 0) is 16.4 Å². The van der Waals surface area contributed by atoms with Crippen molar-refractivity contribution in [2.24, 2.45) is 0 Å². The van der Waals surface area contributed by atoms with E-state index in [0.29, 0.717) is 13.0 Å². The fourth-order valence-electron chi connectivity index (χ4n) is 3.42. The Morgan fingerprint density at radius 1 is 1.31 bits per heavy atom. The summed E-state index contributed by atoms with van der Waals surface area (Å²) >= 11 is 1.53. The molecule has 1 atom stereocenters. The molecule has 152 valence electrons. The van der Waals surface area contributed by atoms with Gasteiger partial charge in [0.2, 0.25) is 0 Å². The number of thiophene rings is 1. The molecule has 0 saturated carbocycles. The van der Waals surface area contributed by atoms with Crippen LogP contribution in [0.4, 0.5) is 0 Å². The van der Waals surface area contributed by atoms with Crippen molar-refractivity contribution in [1.29, 1.82) is 0 Å². The minimum atomic E-state index is -3.06. The van der Waals surface area contributed by atoms with Gasteiger partial charge in [-0.3, -0.25) is 9.48 Å². The molecule has 0 radical (unpaired) electrons. The number of hydrogen-bond acceptors (Lipinski definition) is 6. The highest BCUT2D eigenvalue weighted by atomic mass is 32.2. The number of carbonyl (C=O) groups is 1. The molecule has 1 saturated heterocycles. The van der Waals surface area contributed by atoms with Crippen LogP contribution in [0.15, 0.2) is 47.8 Å². The highest BCUT2D eigenvalue weighted by Gasteiger charge is 2.32. The van der Waals surface area contributed by atoms with Crippen molar-refractivity contribution >= 4 is 27.1 Å². The smallest absolute Gasteiger partial charge is 0.272 e. The van der Waals surface area contributed by atoms with E-state index in [1.165, 1.54) is 11.3 Å². The zero-order valence-corrected chi connectivity index (χ0v) is 17.5. The third-order valence-corrected chi connectivity index (χ3v) is 7.53. The molecule has 1 fully saturated rings. The molecular formula is C20H21N3O4S2. The lowest BCUT2D eigenvalue weighted by Gasteiger charge is -2.12. The highest BCUT2D eigenvalue weighted by molar-refractivity contribution is 7.91. The van der Waals surface area contributed by atoms with E-state index in [4.69, 9.17) is 4.74 Å². The monoisotopic (exact) mass is 431 g/mol. The Morgan fingerprint density at radius 2 is 2.17 bits per heavy atom. The second kappa shape index (κ2) is 8.00. The lowest BCUT2D eigenvalue weighted by molar-refractivity contribution is 0.0944. The first-order chi connectivity index (χ1) is 13.9. The van der Waals surface area contributed by atoms with Crippen LogP contribution in [-0.4, -0.2) is 42.7 Å². The summed E-state index contributed by atoms with van der Waals surface area (Å²) in [5.74, 6) is 0.630. The van der Waals surface area contributed by atoms with Crippen molar-refractivity contribution < 1.29 is 17.9 Å². The minimum Gasteiger partial charge on any atom is -0.497 e. The molecule has 7 nitrogen and oxygen atoms in total. The normalized spacial score (nSPS) is 17.9. The van der Waals surface area contributed by atoms with Gasteiger partial charge in [-0.1, -0.05) is 18.2 Å². The quantitative estimate of drug-likeness (QED) is 0.648. The molecule has 0 aliphatic carbocycles. The molecular weight excluding hydrogens is 410 g/mol. The van der Waals surface area contributed by atoms with Crippen LogP contribution in [0.25, 0.3) is 10.6 Å². The molecule has 4 rings (SSSR count). The summed E-state index contributed by atoms with van der Waals surface area (Å²) < 4.78 is 30.8. The van der Waals surface area contributed by atoms with Crippen LogP contribution in [0.1, 0.15) is 28.5 Å². The zero-order chi connectivity index (χ0) is 20.4. The first-order valence-corrected chi connectivity index (χ1v) is 11.9. The first-order valence-electron chi connectivity index (χ1n) is 9.20. The standard InChI is InChI=1S/C20H21N3O4S2/c1-27-16-5-2-4-14(10-16)12-21-20(24)17-11-18(19-6-3-8-28-19)23(22-17)15-7-9-29(25,26)13-15/h2-6,8,10-11,15H,7,9,12-13H2,1H3,(H,21,24). The zero-order valence-electron chi connectivity index (χ0n) is 15.9. The van der Waals surface area contributed by atoms with Crippen molar-refractivity contribution in [3.8, 4) is 16.3 Å². The number of ether oxygens (including phenoxy) is 1. The summed E-state index contributed by atoms with van der Waals surface area (Å²) in [5.41, 5.74) is 1.96. The van der Waals surface area contributed by atoms with Gasteiger partial charge >= 0.3 is 0 Å². The lowest BCUT2D eigenvalue weighted by atomic mass is 10.2. The van der Waals surface area contributed by atoms with E-state index in [1.807, 2.05) is 41.8 Å². The molecule has 1 N–H and O–H groups in total. The molecule has 29 heavy (non-hydrogen) atoms. The molecule has 0 spiro atoms. The molecule has 1 aliphatic heterocycles. The Bertz CT molecular complexity index is 1120. The predicted molar refractivity (Wildman–Crippen MR) is 112 cm³/mol. The molecule has 1 amide bonds. The Kier molecular flexibility index (Phi) is 5.42. The number of hydrogen-bond donors (Lipinski definition) is 1. The number of nitrogens with zero attached hydrogens (tertiary/aromatic N) is 2. The van der Waals surface area contributed by atoms with Crippen LogP contribution in [0.3, 0.4) is 0 Å². The molecule has 0 bridgehead atoms. The van der Waals surface area contributed by atoms with Crippen LogP contribution in [0, 0.1) is 0 Å². The van der Waals surface area contributed by atoms with Gasteiger partial charge in [0, 0.05) is 6.54 Å². The molecule has 2 aromatic heterocycles. The molecule has 3 heterocycles. The van der Waals surface area contributed by atoms with Crippen molar-refractivity contribution in [2.75, 3.05) is 18.6 Å². The van der Waals surface area contributed by atoms with Gasteiger partial charge < -0.3 is 10.1 Å². The van der Waals surface area contributed by atoms with Gasteiger partial charge in [0.25, 0.3) is 5.91 Å². The van der Waals surface area contributed by atoms with Crippen molar-refractivity contribution in [1.82, 2.24) is 15.1 Å². The summed E-state index contributed by atoms with van der Waals surface area (Å²) in [4.78, 5) is 13.7. The van der Waals surface area contributed by atoms with E-state index in [0.717, 1.165) is 21.9 Å². The number of sulfone groups is 1. The van der Waals surface area contributed by atoms with Crippen molar-refractivity contribution in [3.05, 3.63) is 59.1 Å². The number of benzene rings is 1. The number of aromatic nitrogens is 2. The van der Waals surface area contributed by atoms with Crippen LogP contribution in [0.5, 0.6) is 5.75 Å². The third kappa shape index (κ3) is 4.35. The Hall–Kier alpha value is -2.65. The molecule has 1 aliphatic rings. The average Bonchev–Trinajstić information content (AvgIpc) is 3.45. The summed E-state index contributed by atoms with van der Waals surface area (Å²) in [6.45, 7) is 0.342. The van der Waals surface area contributed by atoms with Crippen LogP contribution < -0.4 is 10.1 Å². The third-order valence-electron chi connectivity index (χ3n) is 4.88. The second-order valence-electron chi connectivity index (χ2n) is 6.93. The lowest BCUT2D eigenvalue weighted by Crippen LogP contribution is -2.24. The minimum absolute atomic E-state index is 0.0535. The molecule has 1 unspecified atom stereocenters. The molecule has 1 aromatic carbocycles.